The number of nitrogens with zero attached hydrogens (tertiary/aromatic N) is 3. The molecule has 8 heteroatoms. The maximum Gasteiger partial charge on any atom is 0.246 e. The molecule has 7 nitrogen and oxygen atoms in total. The molecule has 0 N–H and O–H groups in total. The fourth-order valence-electron chi connectivity index (χ4n) is 3.22. The van der Waals surface area contributed by atoms with Crippen LogP contribution in [0.25, 0.3) is 17.2 Å². The fourth-order valence-corrected chi connectivity index (χ4v) is 4.64. The topological polar surface area (TPSA) is 83.7 Å². The zero-order valence-corrected chi connectivity index (χ0v) is 16.8. The molecule has 4 rings (SSSR count). The molecule has 1 aromatic heterocycles. The number of carbonyl (C=O) groups excluding carboxylic acids is 1. The molecule has 0 atom stereocenters. The smallest absolute Gasteiger partial charge is 0.246 e. The van der Waals surface area contributed by atoms with E-state index in [1.165, 1.54) is 16.5 Å². The van der Waals surface area contributed by atoms with Crippen molar-refractivity contribution in [2.45, 2.75) is 11.8 Å². The van der Waals surface area contributed by atoms with Crippen LogP contribution in [0, 0.1) is 6.92 Å². The van der Waals surface area contributed by atoms with Gasteiger partial charge in [0.05, 0.1) is 4.90 Å². The first-order chi connectivity index (χ1) is 13.9. The third-order valence-electron chi connectivity index (χ3n) is 4.89. The highest BCUT2D eigenvalue weighted by molar-refractivity contribution is 7.89. The normalized spacial score (nSPS) is 16.0. The third-order valence-corrected chi connectivity index (χ3v) is 6.80. The van der Waals surface area contributed by atoms with Gasteiger partial charge in [0, 0.05) is 38.3 Å². The van der Waals surface area contributed by atoms with E-state index in [9.17, 15) is 13.2 Å². The molecular formula is C21H21N3O4S. The fraction of sp³-hybridized carbons (Fsp3) is 0.238. The standard InChI is InChI=1S/C21H21N3O4S/c1-16-6-8-17(9-7-16)29(26,27)24-14-12-23(13-15-24)21(25)11-10-20-22-18-4-2-3-5-19(18)28-20/h2-11H,12-15H2,1H3/b11-10+. The minimum atomic E-state index is -3.55. The quantitative estimate of drug-likeness (QED) is 0.617. The van der Waals surface area contributed by atoms with Crippen LogP contribution in [-0.2, 0) is 14.8 Å². The van der Waals surface area contributed by atoms with E-state index in [0.717, 1.165) is 11.1 Å². The third kappa shape index (κ3) is 4.08. The van der Waals surface area contributed by atoms with Crippen molar-refractivity contribution in [1.82, 2.24) is 14.2 Å². The Morgan fingerprint density at radius 1 is 1.03 bits per heavy atom. The Kier molecular flexibility index (Phi) is 5.21. The van der Waals surface area contributed by atoms with E-state index in [1.54, 1.807) is 29.2 Å². The van der Waals surface area contributed by atoms with Gasteiger partial charge in [-0.3, -0.25) is 4.79 Å². The number of hydrogen-bond donors (Lipinski definition) is 0. The van der Waals surface area contributed by atoms with Crippen molar-refractivity contribution in [1.29, 1.82) is 0 Å². The van der Waals surface area contributed by atoms with E-state index in [0.29, 0.717) is 24.6 Å². The number of aryl methyl sites for hydroxylation is 1. The Morgan fingerprint density at radius 2 is 1.72 bits per heavy atom. The summed E-state index contributed by atoms with van der Waals surface area (Å²) in [7, 11) is -3.55. The van der Waals surface area contributed by atoms with Gasteiger partial charge in [0.1, 0.15) is 5.52 Å². The Labute approximate surface area is 169 Å². The van der Waals surface area contributed by atoms with E-state index in [1.807, 2.05) is 31.2 Å². The minimum Gasteiger partial charge on any atom is -0.437 e. The monoisotopic (exact) mass is 411 g/mol. The van der Waals surface area contributed by atoms with Crippen LogP contribution < -0.4 is 0 Å². The van der Waals surface area contributed by atoms with Crippen molar-refractivity contribution in [2.75, 3.05) is 26.2 Å². The van der Waals surface area contributed by atoms with Crippen LogP contribution in [0.1, 0.15) is 11.5 Å². The Hall–Kier alpha value is -2.97. The number of hydrogen-bond acceptors (Lipinski definition) is 5. The van der Waals surface area contributed by atoms with Crippen LogP contribution in [0.15, 0.2) is 63.9 Å². The number of aromatic nitrogens is 1. The number of fused-ring (bicyclic) bond motifs is 1. The lowest BCUT2D eigenvalue weighted by Crippen LogP contribution is -2.50. The molecule has 1 saturated heterocycles. The van der Waals surface area contributed by atoms with Crippen LogP contribution in [-0.4, -0.2) is 54.7 Å². The molecular weight excluding hydrogens is 390 g/mol. The summed E-state index contributed by atoms with van der Waals surface area (Å²) in [6.45, 7) is 3.11. The highest BCUT2D eigenvalue weighted by Gasteiger charge is 2.29. The number of carbonyl (C=O) groups is 1. The van der Waals surface area contributed by atoms with Crippen molar-refractivity contribution in [3.8, 4) is 0 Å². The second-order valence-corrected chi connectivity index (χ2v) is 8.83. The summed E-state index contributed by atoms with van der Waals surface area (Å²) >= 11 is 0. The lowest BCUT2D eigenvalue weighted by atomic mass is 10.2. The molecule has 1 amide bonds. The van der Waals surface area contributed by atoms with Gasteiger partial charge in [0.25, 0.3) is 0 Å². The number of oxazole rings is 1. The average Bonchev–Trinajstić information content (AvgIpc) is 3.15. The van der Waals surface area contributed by atoms with Gasteiger partial charge in [-0.1, -0.05) is 29.8 Å². The van der Waals surface area contributed by atoms with E-state index in [2.05, 4.69) is 4.98 Å². The minimum absolute atomic E-state index is 0.195. The molecule has 0 bridgehead atoms. The summed E-state index contributed by atoms with van der Waals surface area (Å²) in [6.07, 6.45) is 2.95. The first-order valence-corrected chi connectivity index (χ1v) is 10.8. The van der Waals surface area contributed by atoms with Gasteiger partial charge in [-0.05, 0) is 31.2 Å². The summed E-state index contributed by atoms with van der Waals surface area (Å²) < 4.78 is 32.5. The van der Waals surface area contributed by atoms with Crippen molar-refractivity contribution >= 4 is 33.1 Å². The first kappa shape index (κ1) is 19.4. The number of para-hydroxylation sites is 2. The lowest BCUT2D eigenvalue weighted by Gasteiger charge is -2.33. The summed E-state index contributed by atoms with van der Waals surface area (Å²) in [5.74, 6) is 0.166. The Morgan fingerprint density at radius 3 is 2.41 bits per heavy atom. The second-order valence-electron chi connectivity index (χ2n) is 6.90. The summed E-state index contributed by atoms with van der Waals surface area (Å²) in [4.78, 5) is 18.7. The van der Waals surface area contributed by atoms with Crippen LogP contribution in [0.5, 0.6) is 0 Å². The molecule has 1 aliphatic heterocycles. The van der Waals surface area contributed by atoms with Crippen molar-refractivity contribution < 1.29 is 17.6 Å². The van der Waals surface area contributed by atoms with Crippen LogP contribution in [0.3, 0.4) is 0 Å². The van der Waals surface area contributed by atoms with Gasteiger partial charge >= 0.3 is 0 Å². The number of benzene rings is 2. The Bertz CT molecular complexity index is 1130. The molecule has 1 aliphatic rings. The number of sulfonamides is 1. The van der Waals surface area contributed by atoms with E-state index >= 15 is 0 Å². The van der Waals surface area contributed by atoms with Crippen LogP contribution in [0.4, 0.5) is 0 Å². The van der Waals surface area contributed by atoms with Crippen LogP contribution >= 0.6 is 0 Å². The molecule has 1 fully saturated rings. The van der Waals surface area contributed by atoms with Gasteiger partial charge in [0.15, 0.2) is 5.58 Å². The Balaban J connectivity index is 1.38. The molecule has 0 saturated carbocycles. The molecule has 0 aliphatic carbocycles. The van der Waals surface area contributed by atoms with Crippen molar-refractivity contribution in [2.24, 2.45) is 0 Å². The molecule has 2 heterocycles. The van der Waals surface area contributed by atoms with Crippen LogP contribution in [0.2, 0.25) is 0 Å². The summed E-state index contributed by atoms with van der Waals surface area (Å²) in [5, 5.41) is 0. The van der Waals surface area contributed by atoms with E-state index < -0.39 is 10.0 Å². The molecule has 3 aromatic rings. The molecule has 0 radical (unpaired) electrons. The van der Waals surface area contributed by atoms with E-state index in [-0.39, 0.29) is 23.9 Å². The number of piperazine rings is 1. The maximum atomic E-state index is 12.8. The van der Waals surface area contributed by atoms with E-state index in [4.69, 9.17) is 4.42 Å². The molecule has 150 valence electrons. The predicted octanol–water partition coefficient (Wildman–Crippen LogP) is 2.68. The average molecular weight is 411 g/mol. The summed E-state index contributed by atoms with van der Waals surface area (Å²) in [6, 6.07) is 14.2. The first-order valence-electron chi connectivity index (χ1n) is 9.33. The highest BCUT2D eigenvalue weighted by atomic mass is 32.2. The van der Waals surface area contributed by atoms with Gasteiger partial charge in [-0.25, -0.2) is 13.4 Å². The zero-order valence-electron chi connectivity index (χ0n) is 16.0. The van der Waals surface area contributed by atoms with Gasteiger partial charge in [-0.2, -0.15) is 4.31 Å². The zero-order chi connectivity index (χ0) is 20.4. The molecule has 0 unspecified atom stereocenters. The van der Waals surface area contributed by atoms with Gasteiger partial charge < -0.3 is 9.32 Å². The molecule has 0 spiro atoms. The number of amides is 1. The van der Waals surface area contributed by atoms with Gasteiger partial charge in [0.2, 0.25) is 21.8 Å². The summed E-state index contributed by atoms with van der Waals surface area (Å²) in [5.41, 5.74) is 2.40. The van der Waals surface area contributed by atoms with Gasteiger partial charge in [-0.15, -0.1) is 0 Å². The van der Waals surface area contributed by atoms with Crippen molar-refractivity contribution in [3.63, 3.8) is 0 Å². The molecule has 29 heavy (non-hydrogen) atoms. The SMILES string of the molecule is Cc1ccc(S(=O)(=O)N2CCN(C(=O)/C=C/c3nc4ccccc4o3)CC2)cc1. The molecule has 2 aromatic carbocycles. The van der Waals surface area contributed by atoms with Crippen molar-refractivity contribution in [3.05, 3.63) is 66.1 Å². The highest BCUT2D eigenvalue weighted by Crippen LogP contribution is 2.19. The predicted molar refractivity (Wildman–Crippen MR) is 110 cm³/mol. The largest absolute Gasteiger partial charge is 0.437 e. The second kappa shape index (κ2) is 7.81. The number of rotatable bonds is 4. The maximum absolute atomic E-state index is 12.8. The lowest BCUT2D eigenvalue weighted by molar-refractivity contribution is -0.127.